The van der Waals surface area contributed by atoms with Crippen molar-refractivity contribution in [2.45, 2.75) is 39.2 Å². The molecule has 2 aliphatic rings. The van der Waals surface area contributed by atoms with Gasteiger partial charge in [0.05, 0.1) is 17.0 Å². The molecule has 24 heavy (non-hydrogen) atoms. The van der Waals surface area contributed by atoms with Gasteiger partial charge in [-0.25, -0.2) is 4.98 Å². The van der Waals surface area contributed by atoms with Crippen LogP contribution in [0.25, 0.3) is 11.0 Å². The molecule has 1 N–H and O–H groups in total. The molecule has 4 rings (SSSR count). The van der Waals surface area contributed by atoms with E-state index in [9.17, 15) is 4.79 Å². The number of aryl methyl sites for hydroxylation is 1. The van der Waals surface area contributed by atoms with Gasteiger partial charge in [0.15, 0.2) is 0 Å². The number of rotatable bonds is 5. The lowest BCUT2D eigenvalue weighted by atomic mass is 9.97. The fourth-order valence-electron chi connectivity index (χ4n) is 3.70. The fourth-order valence-corrected chi connectivity index (χ4v) is 3.70. The Morgan fingerprint density at radius 1 is 1.29 bits per heavy atom. The van der Waals surface area contributed by atoms with Gasteiger partial charge in [-0.3, -0.25) is 4.79 Å². The minimum Gasteiger partial charge on any atom is -0.356 e. The number of aromatic nitrogens is 2. The van der Waals surface area contributed by atoms with E-state index >= 15 is 0 Å². The number of amides is 1. The van der Waals surface area contributed by atoms with Crippen LogP contribution in [0.5, 0.6) is 0 Å². The summed E-state index contributed by atoms with van der Waals surface area (Å²) in [7, 11) is 0. The molecule has 128 valence electrons. The van der Waals surface area contributed by atoms with Crippen molar-refractivity contribution in [2.24, 2.45) is 11.8 Å². The Labute approximate surface area is 143 Å². The number of imidazole rings is 1. The van der Waals surface area contributed by atoms with Crippen LogP contribution in [0.3, 0.4) is 0 Å². The maximum absolute atomic E-state index is 12.5. The molecular weight excluding hydrogens is 300 g/mol. The van der Waals surface area contributed by atoms with E-state index < -0.39 is 0 Å². The second kappa shape index (κ2) is 6.46. The average molecular weight is 326 g/mol. The van der Waals surface area contributed by atoms with E-state index in [-0.39, 0.29) is 11.8 Å². The zero-order valence-electron chi connectivity index (χ0n) is 14.4. The van der Waals surface area contributed by atoms with Gasteiger partial charge in [-0.1, -0.05) is 12.1 Å². The van der Waals surface area contributed by atoms with Gasteiger partial charge in [-0.05, 0) is 50.7 Å². The van der Waals surface area contributed by atoms with Crippen LogP contribution in [0.15, 0.2) is 24.3 Å². The molecule has 5 heteroatoms. The van der Waals surface area contributed by atoms with Gasteiger partial charge < -0.3 is 14.8 Å². The standard InChI is InChI=1S/C19H26N4O/c1-2-23-17-8-4-3-7-16(17)21-19(23)22-11-5-6-15(13-22)18(24)20-12-14-9-10-14/h3-4,7-8,14-15H,2,5-6,9-13H2,1H3,(H,20,24)/t15-/m0/s1. The monoisotopic (exact) mass is 326 g/mol. The smallest absolute Gasteiger partial charge is 0.224 e. The van der Waals surface area contributed by atoms with Crippen LogP contribution in [0.2, 0.25) is 0 Å². The predicted molar refractivity (Wildman–Crippen MR) is 96.1 cm³/mol. The van der Waals surface area contributed by atoms with Crippen molar-refractivity contribution in [3.05, 3.63) is 24.3 Å². The highest BCUT2D eigenvalue weighted by atomic mass is 16.1. The summed E-state index contributed by atoms with van der Waals surface area (Å²) in [6, 6.07) is 8.28. The minimum absolute atomic E-state index is 0.0858. The Hall–Kier alpha value is -2.04. The Morgan fingerprint density at radius 2 is 2.12 bits per heavy atom. The first-order valence-electron chi connectivity index (χ1n) is 9.24. The molecule has 1 aromatic heterocycles. The first kappa shape index (κ1) is 15.5. The summed E-state index contributed by atoms with van der Waals surface area (Å²) in [4.78, 5) is 19.6. The van der Waals surface area contributed by atoms with Crippen LogP contribution in [0.4, 0.5) is 5.95 Å². The number of hydrogen-bond acceptors (Lipinski definition) is 3. The topological polar surface area (TPSA) is 50.2 Å². The summed E-state index contributed by atoms with van der Waals surface area (Å²) in [5, 5.41) is 3.15. The summed E-state index contributed by atoms with van der Waals surface area (Å²) in [6.07, 6.45) is 4.59. The Morgan fingerprint density at radius 3 is 2.92 bits per heavy atom. The molecule has 1 atom stereocenters. The summed E-state index contributed by atoms with van der Waals surface area (Å²) < 4.78 is 2.26. The van der Waals surface area contributed by atoms with Gasteiger partial charge in [0.1, 0.15) is 0 Å². The molecule has 1 aromatic carbocycles. The maximum Gasteiger partial charge on any atom is 0.224 e. The van der Waals surface area contributed by atoms with Crippen molar-refractivity contribution >= 4 is 22.9 Å². The minimum atomic E-state index is 0.0858. The van der Waals surface area contributed by atoms with Crippen LogP contribution < -0.4 is 10.2 Å². The Kier molecular flexibility index (Phi) is 4.17. The molecule has 1 aliphatic carbocycles. The molecule has 0 bridgehead atoms. The third-order valence-corrected chi connectivity index (χ3v) is 5.29. The molecule has 0 unspecified atom stereocenters. The third kappa shape index (κ3) is 2.99. The van der Waals surface area contributed by atoms with E-state index in [1.807, 2.05) is 6.07 Å². The summed E-state index contributed by atoms with van der Waals surface area (Å²) in [5.41, 5.74) is 2.21. The predicted octanol–water partition coefficient (Wildman–Crippen LogP) is 2.80. The third-order valence-electron chi connectivity index (χ3n) is 5.29. The first-order valence-corrected chi connectivity index (χ1v) is 9.24. The number of carbonyl (C=O) groups excluding carboxylic acids is 1. The zero-order chi connectivity index (χ0) is 16.5. The number of fused-ring (bicyclic) bond motifs is 1. The fraction of sp³-hybridized carbons (Fsp3) is 0.579. The van der Waals surface area contributed by atoms with Crippen molar-refractivity contribution in [3.8, 4) is 0 Å². The van der Waals surface area contributed by atoms with Crippen LogP contribution in [0.1, 0.15) is 32.6 Å². The second-order valence-corrected chi connectivity index (χ2v) is 7.12. The lowest BCUT2D eigenvalue weighted by Crippen LogP contribution is -2.44. The van der Waals surface area contributed by atoms with Crippen molar-refractivity contribution in [1.82, 2.24) is 14.9 Å². The molecule has 2 fully saturated rings. The molecule has 0 radical (unpaired) electrons. The van der Waals surface area contributed by atoms with Crippen LogP contribution in [-0.2, 0) is 11.3 Å². The van der Waals surface area contributed by atoms with Gasteiger partial charge in [0, 0.05) is 26.2 Å². The molecule has 0 spiro atoms. The van der Waals surface area contributed by atoms with Gasteiger partial charge in [-0.15, -0.1) is 0 Å². The molecule has 5 nitrogen and oxygen atoms in total. The highest BCUT2D eigenvalue weighted by molar-refractivity contribution is 5.81. The van der Waals surface area contributed by atoms with Gasteiger partial charge >= 0.3 is 0 Å². The average Bonchev–Trinajstić information content (AvgIpc) is 3.38. The molecule has 2 heterocycles. The highest BCUT2D eigenvalue weighted by Gasteiger charge is 2.29. The summed E-state index contributed by atoms with van der Waals surface area (Å²) >= 11 is 0. The summed E-state index contributed by atoms with van der Waals surface area (Å²) in [6.45, 7) is 5.67. The Balaban J connectivity index is 1.52. The van der Waals surface area contributed by atoms with E-state index in [1.54, 1.807) is 0 Å². The van der Waals surface area contributed by atoms with Gasteiger partial charge in [0.25, 0.3) is 0 Å². The molecule has 2 aromatic rings. The molecule has 1 amide bonds. The highest BCUT2D eigenvalue weighted by Crippen LogP contribution is 2.29. The van der Waals surface area contributed by atoms with E-state index in [4.69, 9.17) is 4.98 Å². The lowest BCUT2D eigenvalue weighted by molar-refractivity contribution is -0.125. The quantitative estimate of drug-likeness (QED) is 0.919. The maximum atomic E-state index is 12.5. The SMILES string of the molecule is CCn1c(N2CCC[C@H](C(=O)NCC3CC3)C2)nc2ccccc21. The number of para-hydroxylation sites is 2. The van der Waals surface area contributed by atoms with Gasteiger partial charge in [0.2, 0.25) is 11.9 Å². The number of anilines is 1. The number of carbonyl (C=O) groups is 1. The zero-order valence-corrected chi connectivity index (χ0v) is 14.4. The van der Waals surface area contributed by atoms with Crippen molar-refractivity contribution in [2.75, 3.05) is 24.5 Å². The molecular formula is C19H26N4O. The van der Waals surface area contributed by atoms with E-state index in [0.29, 0.717) is 0 Å². The van der Waals surface area contributed by atoms with Crippen LogP contribution in [0, 0.1) is 11.8 Å². The molecule has 1 saturated carbocycles. The van der Waals surface area contributed by atoms with Crippen molar-refractivity contribution in [3.63, 3.8) is 0 Å². The number of benzene rings is 1. The first-order chi connectivity index (χ1) is 11.8. The molecule has 1 aliphatic heterocycles. The number of piperidine rings is 1. The lowest BCUT2D eigenvalue weighted by Gasteiger charge is -2.33. The Bertz CT molecular complexity index is 734. The molecule has 1 saturated heterocycles. The van der Waals surface area contributed by atoms with Crippen molar-refractivity contribution < 1.29 is 4.79 Å². The van der Waals surface area contributed by atoms with Crippen LogP contribution >= 0.6 is 0 Å². The number of nitrogens with one attached hydrogen (secondary N) is 1. The van der Waals surface area contributed by atoms with Crippen molar-refractivity contribution in [1.29, 1.82) is 0 Å². The van der Waals surface area contributed by atoms with Gasteiger partial charge in [-0.2, -0.15) is 0 Å². The van der Waals surface area contributed by atoms with E-state index in [1.165, 1.54) is 18.4 Å². The summed E-state index contributed by atoms with van der Waals surface area (Å²) in [5.74, 6) is 2.06. The number of hydrogen-bond donors (Lipinski definition) is 1. The number of nitrogens with zero attached hydrogens (tertiary/aromatic N) is 3. The van der Waals surface area contributed by atoms with E-state index in [2.05, 4.69) is 39.9 Å². The van der Waals surface area contributed by atoms with Crippen LogP contribution in [-0.4, -0.2) is 35.1 Å². The largest absolute Gasteiger partial charge is 0.356 e. The second-order valence-electron chi connectivity index (χ2n) is 7.12. The normalized spacial score (nSPS) is 21.2. The van der Waals surface area contributed by atoms with E-state index in [0.717, 1.165) is 56.4 Å².